The van der Waals surface area contributed by atoms with Gasteiger partial charge in [0.25, 0.3) is 0 Å². The Morgan fingerprint density at radius 3 is 2.44 bits per heavy atom. The average molecular weight is 648 g/mol. The number of nitriles is 1. The van der Waals surface area contributed by atoms with Gasteiger partial charge in [0.05, 0.1) is 51.1 Å². The van der Waals surface area contributed by atoms with Gasteiger partial charge in [-0.25, -0.2) is 14.1 Å². The lowest BCUT2D eigenvalue weighted by atomic mass is 9.98. The van der Waals surface area contributed by atoms with Gasteiger partial charge in [-0.15, -0.1) is 5.10 Å². The van der Waals surface area contributed by atoms with E-state index in [0.717, 1.165) is 31.6 Å². The molecule has 0 unspecified atom stereocenters. The van der Waals surface area contributed by atoms with Crippen molar-refractivity contribution in [1.29, 1.82) is 5.26 Å². The second-order valence-corrected chi connectivity index (χ2v) is 13.1. The summed E-state index contributed by atoms with van der Waals surface area (Å²) in [7, 11) is 1.91. The highest BCUT2D eigenvalue weighted by molar-refractivity contribution is 6.36. The molecule has 1 fully saturated rings. The first-order valence-corrected chi connectivity index (χ1v) is 15.4. The molecule has 1 saturated heterocycles. The van der Waals surface area contributed by atoms with Crippen LogP contribution < -0.4 is 10.6 Å². The highest BCUT2D eigenvalue weighted by atomic mass is 35.5. The maximum Gasteiger partial charge on any atom is 0.141 e. The summed E-state index contributed by atoms with van der Waals surface area (Å²) in [5, 5.41) is 26.7. The first kappa shape index (κ1) is 30.8. The minimum absolute atomic E-state index is 0.0386. The second kappa shape index (κ2) is 12.3. The summed E-state index contributed by atoms with van der Waals surface area (Å²) in [5.41, 5.74) is 4.04. The van der Waals surface area contributed by atoms with E-state index in [-0.39, 0.29) is 22.2 Å². The van der Waals surface area contributed by atoms with Crippen molar-refractivity contribution in [1.82, 2.24) is 34.4 Å². The summed E-state index contributed by atoms with van der Waals surface area (Å²) < 4.78 is 17.7. The standard InChI is InChI=1S/C32H33Cl2FN10/c1-32(2,3)44-9-7-22(8-10-44)45-17-28(41-42-45)31(27-16-43(4)18-38-27)40-21-11-23-29(39-20-5-6-26(35)24(33)12-20)19(14-36)15-37-30(23)25(34)13-21/h5-6,11-13,15-18,22,31,40H,7-10H2,1-4H3,(H,37,39)/t31-/m0/s1. The number of nitrogens with zero attached hydrogens (tertiary/aromatic N) is 8. The highest BCUT2D eigenvalue weighted by Crippen LogP contribution is 2.37. The number of hydrogen-bond acceptors (Lipinski definition) is 8. The lowest BCUT2D eigenvalue weighted by Crippen LogP contribution is -2.46. The average Bonchev–Trinajstić information content (AvgIpc) is 3.67. The van der Waals surface area contributed by atoms with E-state index < -0.39 is 11.9 Å². The number of hydrogen-bond donors (Lipinski definition) is 2. The number of pyridine rings is 1. The van der Waals surface area contributed by atoms with E-state index in [1.807, 2.05) is 34.8 Å². The quantitative estimate of drug-likeness (QED) is 0.190. The van der Waals surface area contributed by atoms with Crippen molar-refractivity contribution in [2.75, 3.05) is 23.7 Å². The zero-order valence-electron chi connectivity index (χ0n) is 25.4. The van der Waals surface area contributed by atoms with Crippen LogP contribution in [-0.4, -0.2) is 53.1 Å². The number of piperidine rings is 1. The van der Waals surface area contributed by atoms with Crippen LogP contribution in [0.15, 0.2) is 55.2 Å². The number of nitrogens with one attached hydrogen (secondary N) is 2. The fraction of sp³-hybridized carbons (Fsp3) is 0.344. The number of halogens is 3. The van der Waals surface area contributed by atoms with Gasteiger partial charge in [-0.05, 0) is 63.9 Å². The molecular weight excluding hydrogens is 614 g/mol. The zero-order chi connectivity index (χ0) is 31.9. The topological polar surface area (TPSA) is 113 Å². The minimum atomic E-state index is -0.537. The van der Waals surface area contributed by atoms with E-state index >= 15 is 0 Å². The van der Waals surface area contributed by atoms with E-state index in [1.165, 1.54) is 18.3 Å². The molecule has 1 aliphatic rings. The Labute approximate surface area is 270 Å². The number of imidazole rings is 1. The maximum absolute atomic E-state index is 13.8. The van der Waals surface area contributed by atoms with Gasteiger partial charge in [0.1, 0.15) is 23.6 Å². The van der Waals surface area contributed by atoms with Crippen LogP contribution in [0.25, 0.3) is 10.9 Å². The van der Waals surface area contributed by atoms with Gasteiger partial charge in [-0.2, -0.15) is 5.26 Å². The van der Waals surface area contributed by atoms with Crippen molar-refractivity contribution in [2.24, 2.45) is 7.05 Å². The third-order valence-corrected chi connectivity index (χ3v) is 8.75. The molecule has 1 aliphatic heterocycles. The van der Waals surface area contributed by atoms with Gasteiger partial charge in [0, 0.05) is 54.8 Å². The Hall–Kier alpha value is -4.24. The lowest BCUT2D eigenvalue weighted by Gasteiger charge is -2.40. The predicted molar refractivity (Wildman–Crippen MR) is 174 cm³/mol. The molecule has 10 nitrogen and oxygen atoms in total. The number of aryl methyl sites for hydroxylation is 1. The normalized spacial score (nSPS) is 15.2. The molecule has 1 atom stereocenters. The molecule has 13 heteroatoms. The Kier molecular flexibility index (Phi) is 8.39. The molecule has 3 aromatic heterocycles. The predicted octanol–water partition coefficient (Wildman–Crippen LogP) is 7.26. The molecule has 0 amide bonds. The van der Waals surface area contributed by atoms with Crippen LogP contribution in [0.2, 0.25) is 10.0 Å². The Morgan fingerprint density at radius 1 is 1.02 bits per heavy atom. The molecule has 0 bridgehead atoms. The number of benzene rings is 2. The van der Waals surface area contributed by atoms with Crippen LogP contribution in [0.4, 0.5) is 21.5 Å². The van der Waals surface area contributed by atoms with Crippen LogP contribution in [0, 0.1) is 17.1 Å². The summed E-state index contributed by atoms with van der Waals surface area (Å²) in [6, 6.07) is 9.91. The van der Waals surface area contributed by atoms with Gasteiger partial charge in [0.2, 0.25) is 0 Å². The van der Waals surface area contributed by atoms with Crippen LogP contribution in [-0.2, 0) is 7.05 Å². The molecule has 5 aromatic rings. The van der Waals surface area contributed by atoms with Gasteiger partial charge < -0.3 is 15.2 Å². The van der Waals surface area contributed by atoms with E-state index in [1.54, 1.807) is 18.5 Å². The Bertz CT molecular complexity index is 1900. The molecule has 2 N–H and O–H groups in total. The Morgan fingerprint density at radius 2 is 1.78 bits per heavy atom. The van der Waals surface area contributed by atoms with E-state index in [4.69, 9.17) is 23.2 Å². The smallest absolute Gasteiger partial charge is 0.141 e. The van der Waals surface area contributed by atoms with Crippen molar-refractivity contribution >= 4 is 51.2 Å². The fourth-order valence-corrected chi connectivity index (χ4v) is 6.18. The van der Waals surface area contributed by atoms with Gasteiger partial charge in [-0.1, -0.05) is 28.4 Å². The summed E-state index contributed by atoms with van der Waals surface area (Å²) in [5.74, 6) is -0.537. The summed E-state index contributed by atoms with van der Waals surface area (Å²) >= 11 is 12.8. The third kappa shape index (κ3) is 6.45. The van der Waals surface area contributed by atoms with E-state index in [9.17, 15) is 9.65 Å². The zero-order valence-corrected chi connectivity index (χ0v) is 26.9. The molecular formula is C32H33Cl2FN10. The van der Waals surface area contributed by atoms with Crippen LogP contribution in [0.5, 0.6) is 0 Å². The van der Waals surface area contributed by atoms with Crippen molar-refractivity contribution in [2.45, 2.75) is 51.2 Å². The SMILES string of the molecule is Cn1cnc([C@H](Nc2cc(Cl)c3ncc(C#N)c(Nc4ccc(F)c(Cl)c4)c3c2)c2cn(C3CCN(C(C)(C)C)CC3)nn2)c1. The first-order chi connectivity index (χ1) is 21.5. The van der Waals surface area contributed by atoms with Crippen molar-refractivity contribution in [3.8, 4) is 6.07 Å². The van der Waals surface area contributed by atoms with Gasteiger partial charge >= 0.3 is 0 Å². The molecule has 45 heavy (non-hydrogen) atoms. The van der Waals surface area contributed by atoms with Gasteiger partial charge in [0.15, 0.2) is 0 Å². The molecule has 6 rings (SSSR count). The highest BCUT2D eigenvalue weighted by Gasteiger charge is 2.29. The number of likely N-dealkylation sites (tertiary alicyclic amines) is 1. The molecule has 0 aliphatic carbocycles. The van der Waals surface area contributed by atoms with Crippen molar-refractivity contribution in [3.05, 3.63) is 88.1 Å². The summed E-state index contributed by atoms with van der Waals surface area (Å²) in [6.45, 7) is 8.74. The maximum atomic E-state index is 13.8. The number of fused-ring (bicyclic) bond motifs is 1. The largest absolute Gasteiger partial charge is 0.371 e. The molecule has 0 radical (unpaired) electrons. The fourth-order valence-electron chi connectivity index (χ4n) is 5.73. The summed E-state index contributed by atoms with van der Waals surface area (Å²) in [4.78, 5) is 11.6. The third-order valence-electron chi connectivity index (χ3n) is 8.18. The lowest BCUT2D eigenvalue weighted by molar-refractivity contribution is 0.0866. The number of aromatic nitrogens is 6. The molecule has 0 spiro atoms. The monoisotopic (exact) mass is 646 g/mol. The van der Waals surface area contributed by atoms with Crippen molar-refractivity contribution in [3.63, 3.8) is 0 Å². The van der Waals surface area contributed by atoms with Crippen molar-refractivity contribution < 1.29 is 4.39 Å². The minimum Gasteiger partial charge on any atom is -0.371 e. The molecule has 4 heterocycles. The Balaban J connectivity index is 1.35. The number of rotatable bonds is 7. The molecule has 2 aromatic carbocycles. The van der Waals surface area contributed by atoms with Gasteiger partial charge in [-0.3, -0.25) is 9.88 Å². The van der Waals surface area contributed by atoms with Crippen LogP contribution in [0.1, 0.15) is 62.6 Å². The first-order valence-electron chi connectivity index (χ1n) is 14.7. The van der Waals surface area contributed by atoms with Crippen LogP contribution >= 0.6 is 23.2 Å². The number of anilines is 3. The second-order valence-electron chi connectivity index (χ2n) is 12.3. The van der Waals surface area contributed by atoms with E-state index in [2.05, 4.69) is 62.7 Å². The molecule has 0 saturated carbocycles. The summed E-state index contributed by atoms with van der Waals surface area (Å²) in [6.07, 6.45) is 9.10. The van der Waals surface area contributed by atoms with E-state index in [0.29, 0.717) is 38.7 Å². The van der Waals surface area contributed by atoms with Crippen LogP contribution in [0.3, 0.4) is 0 Å². The molecule has 232 valence electrons.